The summed E-state index contributed by atoms with van der Waals surface area (Å²) >= 11 is 0. The first-order valence-corrected chi connectivity index (χ1v) is 8.18. The third-order valence-electron chi connectivity index (χ3n) is 4.66. The van der Waals surface area contributed by atoms with Crippen molar-refractivity contribution in [3.8, 4) is 0 Å². The number of fused-ring (bicyclic) bond motifs is 1. The van der Waals surface area contributed by atoms with E-state index in [9.17, 15) is 0 Å². The summed E-state index contributed by atoms with van der Waals surface area (Å²) < 4.78 is 2.06. The maximum Gasteiger partial charge on any atom is 0.201 e. The van der Waals surface area contributed by atoms with Crippen LogP contribution < -0.4 is 11.1 Å². The summed E-state index contributed by atoms with van der Waals surface area (Å²) in [6.45, 7) is 2.80. The minimum absolute atomic E-state index is 0. The molecule has 0 unspecified atom stereocenters. The SMILES string of the molecule is Br.Br.Br.Nc1nc2c(C3CCNCC3)cccc2n1Cc1ccccn1. The van der Waals surface area contributed by atoms with Crippen LogP contribution in [-0.2, 0) is 6.54 Å². The quantitative estimate of drug-likeness (QED) is 0.512. The molecular formula is C18H24Br3N5. The zero-order valence-electron chi connectivity index (χ0n) is 14.3. The van der Waals surface area contributed by atoms with Crippen LogP contribution in [0.5, 0.6) is 0 Å². The Morgan fingerprint density at radius 3 is 2.50 bits per heavy atom. The number of nitrogens with one attached hydrogen (secondary N) is 1. The summed E-state index contributed by atoms with van der Waals surface area (Å²) in [6.07, 6.45) is 4.13. The van der Waals surface area contributed by atoms with E-state index in [0.717, 1.165) is 42.7 Å². The molecule has 8 heteroatoms. The highest BCUT2D eigenvalue weighted by Gasteiger charge is 2.20. The second-order valence-corrected chi connectivity index (χ2v) is 6.12. The van der Waals surface area contributed by atoms with Crippen LogP contribution in [-0.4, -0.2) is 27.6 Å². The van der Waals surface area contributed by atoms with Crippen LogP contribution in [0.3, 0.4) is 0 Å². The number of hydrogen-bond acceptors (Lipinski definition) is 4. The molecular weight excluding hydrogens is 526 g/mol. The highest BCUT2D eigenvalue weighted by molar-refractivity contribution is 8.93. The van der Waals surface area contributed by atoms with E-state index in [1.165, 1.54) is 5.56 Å². The molecule has 1 saturated heterocycles. The molecule has 0 spiro atoms. The molecule has 2 aromatic heterocycles. The number of nitrogens with two attached hydrogens (primary N) is 1. The fraction of sp³-hybridized carbons (Fsp3) is 0.333. The smallest absolute Gasteiger partial charge is 0.201 e. The van der Waals surface area contributed by atoms with Gasteiger partial charge in [0.1, 0.15) is 0 Å². The van der Waals surface area contributed by atoms with E-state index in [-0.39, 0.29) is 50.9 Å². The summed E-state index contributed by atoms with van der Waals surface area (Å²) in [5.41, 5.74) is 10.7. The lowest BCUT2D eigenvalue weighted by atomic mass is 9.89. The highest BCUT2D eigenvalue weighted by Crippen LogP contribution is 2.32. The van der Waals surface area contributed by atoms with Crippen molar-refractivity contribution >= 4 is 67.9 Å². The molecule has 0 amide bonds. The van der Waals surface area contributed by atoms with Gasteiger partial charge in [-0.2, -0.15) is 0 Å². The maximum absolute atomic E-state index is 6.21. The lowest BCUT2D eigenvalue weighted by Crippen LogP contribution is -2.26. The van der Waals surface area contributed by atoms with Gasteiger partial charge in [0.05, 0.1) is 23.3 Å². The van der Waals surface area contributed by atoms with Gasteiger partial charge in [-0.25, -0.2) is 4.98 Å². The van der Waals surface area contributed by atoms with Gasteiger partial charge >= 0.3 is 0 Å². The number of nitrogen functional groups attached to an aromatic ring is 1. The lowest BCUT2D eigenvalue weighted by Gasteiger charge is -2.23. The number of imidazole rings is 1. The van der Waals surface area contributed by atoms with Crippen molar-refractivity contribution in [3.05, 3.63) is 53.9 Å². The van der Waals surface area contributed by atoms with Crippen LogP contribution in [0, 0.1) is 0 Å². The fourth-order valence-corrected chi connectivity index (χ4v) is 3.47. The topological polar surface area (TPSA) is 68.8 Å². The Labute approximate surface area is 185 Å². The van der Waals surface area contributed by atoms with E-state index < -0.39 is 0 Å². The van der Waals surface area contributed by atoms with Crippen molar-refractivity contribution in [1.29, 1.82) is 0 Å². The molecule has 142 valence electrons. The zero-order chi connectivity index (χ0) is 15.6. The molecule has 0 saturated carbocycles. The Morgan fingerprint density at radius 2 is 1.81 bits per heavy atom. The van der Waals surface area contributed by atoms with Gasteiger partial charge in [-0.15, -0.1) is 50.9 Å². The lowest BCUT2D eigenvalue weighted by molar-refractivity contribution is 0.462. The Kier molecular flexibility index (Phi) is 9.23. The minimum Gasteiger partial charge on any atom is -0.369 e. The van der Waals surface area contributed by atoms with Crippen molar-refractivity contribution in [3.63, 3.8) is 0 Å². The average molecular weight is 550 g/mol. The third kappa shape index (κ3) is 4.65. The molecule has 1 aliphatic rings. The number of halogens is 3. The standard InChI is InChI=1S/C18H21N5.3BrH/c19-18-22-17-15(13-7-10-20-11-8-13)5-3-6-16(17)23(18)12-14-4-1-2-9-21-14;;;/h1-6,9,13,20H,7-8,10-12H2,(H2,19,22);3*1H. The molecule has 3 heterocycles. The number of hydrogen-bond donors (Lipinski definition) is 2. The Bertz CT molecular complexity index is 816. The molecule has 26 heavy (non-hydrogen) atoms. The predicted octanol–water partition coefficient (Wildman–Crippen LogP) is 4.26. The van der Waals surface area contributed by atoms with Crippen molar-refractivity contribution < 1.29 is 0 Å². The number of rotatable bonds is 3. The van der Waals surface area contributed by atoms with Crippen molar-refractivity contribution in [1.82, 2.24) is 19.9 Å². The van der Waals surface area contributed by atoms with Crippen LogP contribution in [0.4, 0.5) is 5.95 Å². The molecule has 1 aliphatic heterocycles. The molecule has 1 fully saturated rings. The van der Waals surface area contributed by atoms with Crippen LogP contribution in [0.15, 0.2) is 42.6 Å². The van der Waals surface area contributed by atoms with Crippen LogP contribution in [0.25, 0.3) is 11.0 Å². The summed E-state index contributed by atoms with van der Waals surface area (Å²) in [7, 11) is 0. The molecule has 3 aromatic rings. The number of para-hydroxylation sites is 1. The number of pyridine rings is 1. The maximum atomic E-state index is 6.21. The van der Waals surface area contributed by atoms with Gasteiger partial charge in [-0.1, -0.05) is 18.2 Å². The Morgan fingerprint density at radius 1 is 1.04 bits per heavy atom. The monoisotopic (exact) mass is 547 g/mol. The van der Waals surface area contributed by atoms with E-state index in [4.69, 9.17) is 5.73 Å². The van der Waals surface area contributed by atoms with Gasteiger partial charge < -0.3 is 15.6 Å². The number of aromatic nitrogens is 3. The van der Waals surface area contributed by atoms with E-state index in [2.05, 4.69) is 38.1 Å². The summed E-state index contributed by atoms with van der Waals surface area (Å²) in [5, 5.41) is 3.42. The van der Waals surface area contributed by atoms with Crippen LogP contribution in [0.1, 0.15) is 30.0 Å². The first kappa shape index (κ1) is 23.1. The van der Waals surface area contributed by atoms with Crippen molar-refractivity contribution in [2.24, 2.45) is 0 Å². The third-order valence-corrected chi connectivity index (χ3v) is 4.66. The molecule has 0 aliphatic carbocycles. The number of anilines is 1. The van der Waals surface area contributed by atoms with Gasteiger partial charge in [-0.3, -0.25) is 4.98 Å². The average Bonchev–Trinajstić information content (AvgIpc) is 2.92. The van der Waals surface area contributed by atoms with E-state index >= 15 is 0 Å². The zero-order valence-corrected chi connectivity index (χ0v) is 19.4. The van der Waals surface area contributed by atoms with Crippen molar-refractivity contribution in [2.75, 3.05) is 18.8 Å². The minimum atomic E-state index is 0. The van der Waals surface area contributed by atoms with Crippen molar-refractivity contribution in [2.45, 2.75) is 25.3 Å². The number of benzene rings is 1. The second kappa shape index (κ2) is 10.4. The summed E-state index contributed by atoms with van der Waals surface area (Å²) in [4.78, 5) is 9.08. The van der Waals surface area contributed by atoms with Crippen LogP contribution in [0.2, 0.25) is 0 Å². The van der Waals surface area contributed by atoms with E-state index in [1.54, 1.807) is 0 Å². The van der Waals surface area contributed by atoms with Gasteiger partial charge in [0.25, 0.3) is 0 Å². The number of nitrogens with zero attached hydrogens (tertiary/aromatic N) is 3. The molecule has 0 radical (unpaired) electrons. The molecule has 0 atom stereocenters. The number of piperidine rings is 1. The Balaban J connectivity index is 0.00000113. The van der Waals surface area contributed by atoms with Gasteiger partial charge in [-0.05, 0) is 55.6 Å². The van der Waals surface area contributed by atoms with E-state index in [1.807, 2.05) is 24.4 Å². The van der Waals surface area contributed by atoms with Crippen LogP contribution >= 0.6 is 50.9 Å². The molecule has 4 rings (SSSR count). The van der Waals surface area contributed by atoms with E-state index in [0.29, 0.717) is 18.4 Å². The molecule has 1 aromatic carbocycles. The molecule has 3 N–H and O–H groups in total. The predicted molar refractivity (Wildman–Crippen MR) is 123 cm³/mol. The highest BCUT2D eigenvalue weighted by atomic mass is 79.9. The Hall–Kier alpha value is -0.960. The fourth-order valence-electron chi connectivity index (χ4n) is 3.47. The summed E-state index contributed by atoms with van der Waals surface area (Å²) in [6, 6.07) is 12.4. The summed E-state index contributed by atoms with van der Waals surface area (Å²) in [5.74, 6) is 1.13. The first-order valence-electron chi connectivity index (χ1n) is 8.18. The molecule has 5 nitrogen and oxygen atoms in total. The molecule has 0 bridgehead atoms. The first-order chi connectivity index (χ1) is 11.3. The van der Waals surface area contributed by atoms with Gasteiger partial charge in [0.15, 0.2) is 0 Å². The second-order valence-electron chi connectivity index (χ2n) is 6.12. The normalized spacial score (nSPS) is 14.2. The van der Waals surface area contributed by atoms with Gasteiger partial charge in [0, 0.05) is 6.20 Å². The largest absolute Gasteiger partial charge is 0.369 e. The van der Waals surface area contributed by atoms with Gasteiger partial charge in [0.2, 0.25) is 5.95 Å².